The lowest BCUT2D eigenvalue weighted by Crippen LogP contribution is -2.23. The molecule has 0 atom stereocenters. The van der Waals surface area contributed by atoms with Crippen LogP contribution in [0.4, 0.5) is 0 Å². The fourth-order valence-electron chi connectivity index (χ4n) is 1.81. The molecule has 1 amide bonds. The van der Waals surface area contributed by atoms with Crippen LogP contribution in [0, 0.1) is 0 Å². The number of carbonyl (C=O) groups is 1. The number of hydrogen-bond donors (Lipinski definition) is 1. The van der Waals surface area contributed by atoms with Gasteiger partial charge < -0.3 is 9.73 Å². The Morgan fingerprint density at radius 2 is 2.05 bits per heavy atom. The highest BCUT2D eigenvalue weighted by Crippen LogP contribution is 2.17. The van der Waals surface area contributed by atoms with E-state index in [9.17, 15) is 4.79 Å². The average molecular weight is 315 g/mol. The summed E-state index contributed by atoms with van der Waals surface area (Å²) in [6.45, 7) is 0.281. The molecule has 2 aromatic heterocycles. The van der Waals surface area contributed by atoms with Crippen LogP contribution in [0.3, 0.4) is 0 Å². The first-order chi connectivity index (χ1) is 10.7. The Kier molecular flexibility index (Phi) is 4.11. The van der Waals surface area contributed by atoms with Gasteiger partial charge in [-0.1, -0.05) is 29.8 Å². The molecule has 3 rings (SSSR count). The smallest absolute Gasteiger partial charge is 0.309 e. The van der Waals surface area contributed by atoms with Crippen molar-refractivity contribution in [2.45, 2.75) is 6.54 Å². The fraction of sp³-hybridized carbons (Fsp3) is 0.0667. The zero-order valence-electron chi connectivity index (χ0n) is 11.4. The van der Waals surface area contributed by atoms with Crippen LogP contribution in [0.5, 0.6) is 0 Å². The zero-order chi connectivity index (χ0) is 15.4. The molecule has 1 aromatic carbocycles. The molecule has 110 valence electrons. The molecule has 0 aliphatic rings. The molecule has 0 fully saturated rings. The van der Waals surface area contributed by atoms with Gasteiger partial charge in [0.25, 0.3) is 0 Å². The van der Waals surface area contributed by atoms with Crippen LogP contribution in [0.15, 0.2) is 53.2 Å². The number of carbonyl (C=O) groups excluding carboxylic acids is 1. The van der Waals surface area contributed by atoms with Crippen molar-refractivity contribution in [3.63, 3.8) is 0 Å². The van der Waals surface area contributed by atoms with Crippen molar-refractivity contribution in [3.8, 4) is 11.5 Å². The number of pyridine rings is 1. The van der Waals surface area contributed by atoms with Crippen LogP contribution in [0.1, 0.15) is 16.2 Å². The van der Waals surface area contributed by atoms with E-state index >= 15 is 0 Å². The van der Waals surface area contributed by atoms with Crippen LogP contribution < -0.4 is 5.32 Å². The monoisotopic (exact) mass is 314 g/mol. The molecule has 0 aliphatic carbocycles. The number of hydrogen-bond acceptors (Lipinski definition) is 5. The number of nitrogens with zero attached hydrogens (tertiary/aromatic N) is 3. The molecule has 0 aliphatic heterocycles. The van der Waals surface area contributed by atoms with Crippen molar-refractivity contribution in [3.05, 3.63) is 65.3 Å². The third-order valence-electron chi connectivity index (χ3n) is 2.92. The van der Waals surface area contributed by atoms with Gasteiger partial charge in [-0.2, -0.15) is 0 Å². The second-order valence-corrected chi connectivity index (χ2v) is 4.84. The Morgan fingerprint density at radius 3 is 2.82 bits per heavy atom. The Hall–Kier alpha value is -2.73. The van der Waals surface area contributed by atoms with E-state index in [4.69, 9.17) is 16.0 Å². The molecular formula is C15H11ClN4O2. The summed E-state index contributed by atoms with van der Waals surface area (Å²) < 4.78 is 5.34. The van der Waals surface area contributed by atoms with Crippen molar-refractivity contribution in [1.29, 1.82) is 0 Å². The Balaban J connectivity index is 1.69. The Bertz CT molecular complexity index is 789. The summed E-state index contributed by atoms with van der Waals surface area (Å²) >= 11 is 6.03. The molecule has 0 spiro atoms. The number of nitrogens with one attached hydrogen (secondary N) is 1. The van der Waals surface area contributed by atoms with Gasteiger partial charge in [0.05, 0.1) is 5.56 Å². The molecule has 0 saturated carbocycles. The highest BCUT2D eigenvalue weighted by atomic mass is 35.5. The molecule has 22 heavy (non-hydrogen) atoms. The summed E-state index contributed by atoms with van der Waals surface area (Å²) in [5.41, 5.74) is 1.46. The Labute approximate surface area is 131 Å². The summed E-state index contributed by atoms with van der Waals surface area (Å²) in [6.07, 6.45) is 3.22. The summed E-state index contributed by atoms with van der Waals surface area (Å²) in [4.78, 5) is 16.0. The van der Waals surface area contributed by atoms with Gasteiger partial charge in [0, 0.05) is 24.0 Å². The molecule has 6 nitrogen and oxygen atoms in total. The first-order valence-corrected chi connectivity index (χ1v) is 6.87. The first-order valence-electron chi connectivity index (χ1n) is 6.49. The van der Waals surface area contributed by atoms with Crippen molar-refractivity contribution < 1.29 is 9.21 Å². The number of aromatic nitrogens is 3. The minimum absolute atomic E-state index is 0.106. The summed E-state index contributed by atoms with van der Waals surface area (Å²) in [5, 5.41) is 10.8. The van der Waals surface area contributed by atoms with Crippen LogP contribution in [0.2, 0.25) is 5.02 Å². The number of benzene rings is 1. The van der Waals surface area contributed by atoms with Crippen molar-refractivity contribution in [1.82, 2.24) is 20.5 Å². The third-order valence-corrected chi connectivity index (χ3v) is 3.29. The predicted molar refractivity (Wildman–Crippen MR) is 80.2 cm³/mol. The standard InChI is InChI=1S/C15H11ClN4O2/c16-12-6-2-1-4-10(12)9-18-13(21)15-20-19-14(22-15)11-5-3-7-17-8-11/h1-8H,9H2,(H,18,21). The molecule has 3 aromatic rings. The second kappa shape index (κ2) is 6.36. The molecule has 7 heteroatoms. The van der Waals surface area contributed by atoms with Gasteiger partial charge >= 0.3 is 11.8 Å². The maximum Gasteiger partial charge on any atom is 0.309 e. The summed E-state index contributed by atoms with van der Waals surface area (Å²) in [6, 6.07) is 10.8. The predicted octanol–water partition coefficient (Wildman–Crippen LogP) is 2.72. The van der Waals surface area contributed by atoms with Crippen LogP contribution in [-0.2, 0) is 6.54 Å². The normalized spacial score (nSPS) is 10.4. The lowest BCUT2D eigenvalue weighted by Gasteiger charge is -2.04. The minimum Gasteiger partial charge on any atom is -0.412 e. The van der Waals surface area contributed by atoms with E-state index in [0.29, 0.717) is 10.6 Å². The van der Waals surface area contributed by atoms with Gasteiger partial charge in [0.2, 0.25) is 5.89 Å². The molecule has 0 bridgehead atoms. The van der Waals surface area contributed by atoms with Gasteiger partial charge in [-0.15, -0.1) is 10.2 Å². The number of halogens is 1. The molecule has 2 heterocycles. The van der Waals surface area contributed by atoms with Gasteiger partial charge in [-0.25, -0.2) is 0 Å². The summed E-state index contributed by atoms with van der Waals surface area (Å²) in [5.74, 6) is -0.315. The zero-order valence-corrected chi connectivity index (χ0v) is 12.1. The number of rotatable bonds is 4. The van der Waals surface area contributed by atoms with E-state index in [2.05, 4.69) is 20.5 Å². The van der Waals surface area contributed by atoms with E-state index in [0.717, 1.165) is 5.56 Å². The van der Waals surface area contributed by atoms with Crippen molar-refractivity contribution in [2.75, 3.05) is 0 Å². The van der Waals surface area contributed by atoms with Crippen LogP contribution >= 0.6 is 11.6 Å². The fourth-order valence-corrected chi connectivity index (χ4v) is 2.02. The molecular weight excluding hydrogens is 304 g/mol. The van der Waals surface area contributed by atoms with Crippen molar-refractivity contribution in [2.24, 2.45) is 0 Å². The van der Waals surface area contributed by atoms with Crippen LogP contribution in [0.25, 0.3) is 11.5 Å². The van der Waals surface area contributed by atoms with E-state index in [1.807, 2.05) is 18.2 Å². The average Bonchev–Trinajstić information content (AvgIpc) is 3.05. The van der Waals surface area contributed by atoms with Crippen molar-refractivity contribution >= 4 is 17.5 Å². The van der Waals surface area contributed by atoms with Gasteiger partial charge in [0.15, 0.2) is 0 Å². The summed E-state index contributed by atoms with van der Waals surface area (Å²) in [7, 11) is 0. The highest BCUT2D eigenvalue weighted by Gasteiger charge is 2.15. The lowest BCUT2D eigenvalue weighted by atomic mass is 10.2. The van der Waals surface area contributed by atoms with Crippen LogP contribution in [-0.4, -0.2) is 21.1 Å². The maximum absolute atomic E-state index is 12.0. The highest BCUT2D eigenvalue weighted by molar-refractivity contribution is 6.31. The van der Waals surface area contributed by atoms with E-state index in [-0.39, 0.29) is 18.3 Å². The molecule has 0 saturated heterocycles. The quantitative estimate of drug-likeness (QED) is 0.800. The second-order valence-electron chi connectivity index (χ2n) is 4.43. The first kappa shape index (κ1) is 14.2. The van der Waals surface area contributed by atoms with Gasteiger partial charge in [-0.3, -0.25) is 9.78 Å². The van der Waals surface area contributed by atoms with Gasteiger partial charge in [0.1, 0.15) is 0 Å². The third kappa shape index (κ3) is 3.12. The lowest BCUT2D eigenvalue weighted by molar-refractivity contribution is 0.0917. The van der Waals surface area contributed by atoms with E-state index < -0.39 is 5.91 Å². The number of amides is 1. The van der Waals surface area contributed by atoms with Gasteiger partial charge in [-0.05, 0) is 23.8 Å². The Morgan fingerprint density at radius 1 is 1.18 bits per heavy atom. The van der Waals surface area contributed by atoms with E-state index in [1.54, 1.807) is 30.6 Å². The van der Waals surface area contributed by atoms with E-state index in [1.165, 1.54) is 0 Å². The topological polar surface area (TPSA) is 80.9 Å². The largest absolute Gasteiger partial charge is 0.412 e. The maximum atomic E-state index is 12.0. The minimum atomic E-state index is -0.456. The molecule has 0 radical (unpaired) electrons. The molecule has 1 N–H and O–H groups in total. The molecule has 0 unspecified atom stereocenters. The SMILES string of the molecule is O=C(NCc1ccccc1Cl)c1nnc(-c2cccnc2)o1.